The molecule has 0 spiro atoms. The van der Waals surface area contributed by atoms with Gasteiger partial charge < -0.3 is 15.5 Å². The van der Waals surface area contributed by atoms with Gasteiger partial charge in [-0.3, -0.25) is 14.4 Å². The van der Waals surface area contributed by atoms with E-state index in [1.54, 1.807) is 23.7 Å². The van der Waals surface area contributed by atoms with Gasteiger partial charge in [0.05, 0.1) is 6.54 Å². The number of benzene rings is 1. The van der Waals surface area contributed by atoms with Crippen molar-refractivity contribution in [3.05, 3.63) is 46.4 Å². The van der Waals surface area contributed by atoms with E-state index in [2.05, 4.69) is 29.5 Å². The second kappa shape index (κ2) is 12.3. The summed E-state index contributed by atoms with van der Waals surface area (Å²) in [5.74, 6) is -0.341. The summed E-state index contributed by atoms with van der Waals surface area (Å²) in [7, 11) is 0. The van der Waals surface area contributed by atoms with Gasteiger partial charge in [0.1, 0.15) is 0 Å². The SMILES string of the molecule is CC(C)CCNC(=O)CN(Cc1ccccc1Cl)C(=O)CCC(=O)Nc1nccs1. The summed E-state index contributed by atoms with van der Waals surface area (Å²) in [5, 5.41) is 8.26. The number of hydrogen-bond donors (Lipinski definition) is 2. The van der Waals surface area contributed by atoms with E-state index in [1.807, 2.05) is 12.1 Å². The summed E-state index contributed by atoms with van der Waals surface area (Å²) in [6.07, 6.45) is 2.45. The van der Waals surface area contributed by atoms with Crippen molar-refractivity contribution in [3.63, 3.8) is 0 Å². The Labute approximate surface area is 185 Å². The molecule has 7 nitrogen and oxygen atoms in total. The smallest absolute Gasteiger partial charge is 0.239 e. The summed E-state index contributed by atoms with van der Waals surface area (Å²) < 4.78 is 0. The van der Waals surface area contributed by atoms with E-state index in [1.165, 1.54) is 16.2 Å². The number of carbonyl (C=O) groups excluding carboxylic acids is 3. The minimum absolute atomic E-state index is 0.00635. The highest BCUT2D eigenvalue weighted by Crippen LogP contribution is 2.18. The molecule has 0 radical (unpaired) electrons. The van der Waals surface area contributed by atoms with Crippen LogP contribution in [0.15, 0.2) is 35.8 Å². The third-order valence-corrected chi connectivity index (χ3v) is 5.35. The van der Waals surface area contributed by atoms with Crippen LogP contribution in [0, 0.1) is 5.92 Å². The van der Waals surface area contributed by atoms with E-state index in [0.717, 1.165) is 12.0 Å². The first-order valence-electron chi connectivity index (χ1n) is 9.82. The van der Waals surface area contributed by atoms with Crippen molar-refractivity contribution in [1.82, 2.24) is 15.2 Å². The molecule has 1 heterocycles. The molecule has 0 bridgehead atoms. The first-order chi connectivity index (χ1) is 14.3. The third kappa shape index (κ3) is 8.51. The summed E-state index contributed by atoms with van der Waals surface area (Å²) >= 11 is 7.53. The molecule has 3 amide bonds. The predicted molar refractivity (Wildman–Crippen MR) is 119 cm³/mol. The van der Waals surface area contributed by atoms with Crippen molar-refractivity contribution >= 4 is 45.8 Å². The molecule has 162 valence electrons. The zero-order valence-electron chi connectivity index (χ0n) is 17.2. The maximum atomic E-state index is 12.8. The molecule has 2 aromatic rings. The highest BCUT2D eigenvalue weighted by atomic mass is 35.5. The van der Waals surface area contributed by atoms with Gasteiger partial charge in [0.2, 0.25) is 17.7 Å². The first kappa shape index (κ1) is 23.8. The first-order valence-corrected chi connectivity index (χ1v) is 11.1. The van der Waals surface area contributed by atoms with Crippen molar-refractivity contribution < 1.29 is 14.4 Å². The Morgan fingerprint density at radius 1 is 1.17 bits per heavy atom. The number of amides is 3. The second-order valence-corrected chi connectivity index (χ2v) is 8.56. The molecule has 30 heavy (non-hydrogen) atoms. The Morgan fingerprint density at radius 2 is 1.93 bits per heavy atom. The van der Waals surface area contributed by atoms with Crippen molar-refractivity contribution in [1.29, 1.82) is 0 Å². The monoisotopic (exact) mass is 450 g/mol. The molecule has 0 fully saturated rings. The van der Waals surface area contributed by atoms with Crippen LogP contribution in [0.2, 0.25) is 5.02 Å². The summed E-state index contributed by atoms with van der Waals surface area (Å²) in [5.41, 5.74) is 0.745. The number of thiazole rings is 1. The van der Waals surface area contributed by atoms with Gasteiger partial charge in [0.25, 0.3) is 0 Å². The van der Waals surface area contributed by atoms with Gasteiger partial charge in [0.15, 0.2) is 5.13 Å². The molecule has 2 N–H and O–H groups in total. The van der Waals surface area contributed by atoms with Gasteiger partial charge >= 0.3 is 0 Å². The molecule has 0 saturated carbocycles. The average molecular weight is 451 g/mol. The van der Waals surface area contributed by atoms with Crippen LogP contribution in [-0.4, -0.2) is 40.7 Å². The standard InChI is InChI=1S/C21H27ClN4O3S/c1-15(2)9-10-23-19(28)14-26(13-16-5-3-4-6-17(16)22)20(29)8-7-18(27)25-21-24-11-12-30-21/h3-6,11-12,15H,7-10,13-14H2,1-2H3,(H,23,28)(H,24,25,27). The maximum Gasteiger partial charge on any atom is 0.239 e. The molecule has 9 heteroatoms. The fraction of sp³-hybridized carbons (Fsp3) is 0.429. The molecule has 2 rings (SSSR count). The number of hydrogen-bond acceptors (Lipinski definition) is 5. The lowest BCUT2D eigenvalue weighted by atomic mass is 10.1. The van der Waals surface area contributed by atoms with Crippen LogP contribution in [-0.2, 0) is 20.9 Å². The summed E-state index contributed by atoms with van der Waals surface area (Å²) in [6.45, 7) is 4.83. The number of halogens is 1. The van der Waals surface area contributed by atoms with Crippen molar-refractivity contribution in [2.45, 2.75) is 39.7 Å². The van der Waals surface area contributed by atoms with Gasteiger partial charge in [-0.15, -0.1) is 11.3 Å². The van der Waals surface area contributed by atoms with E-state index in [0.29, 0.717) is 22.6 Å². The highest BCUT2D eigenvalue weighted by Gasteiger charge is 2.20. The molecule has 0 aliphatic carbocycles. The maximum absolute atomic E-state index is 12.8. The van der Waals surface area contributed by atoms with Crippen molar-refractivity contribution in [2.75, 3.05) is 18.4 Å². The second-order valence-electron chi connectivity index (χ2n) is 7.26. The van der Waals surface area contributed by atoms with E-state index in [9.17, 15) is 14.4 Å². The van der Waals surface area contributed by atoms with Gasteiger partial charge in [-0.2, -0.15) is 0 Å². The topological polar surface area (TPSA) is 91.4 Å². The molecular formula is C21H27ClN4O3S. The van der Waals surface area contributed by atoms with Gasteiger partial charge in [-0.05, 0) is 24.0 Å². The number of nitrogens with one attached hydrogen (secondary N) is 2. The predicted octanol–water partition coefficient (Wildman–Crippen LogP) is 3.71. The Kier molecular flexibility index (Phi) is 9.76. The molecule has 0 atom stereocenters. The third-order valence-electron chi connectivity index (χ3n) is 4.29. The zero-order chi connectivity index (χ0) is 21.9. The van der Waals surface area contributed by atoms with Crippen LogP contribution >= 0.6 is 22.9 Å². The number of nitrogens with zero attached hydrogens (tertiary/aromatic N) is 2. The quantitative estimate of drug-likeness (QED) is 0.546. The van der Waals surface area contributed by atoms with Crippen LogP contribution in [0.3, 0.4) is 0 Å². The molecule has 1 aromatic heterocycles. The van der Waals surface area contributed by atoms with Crippen LogP contribution in [0.5, 0.6) is 0 Å². The Morgan fingerprint density at radius 3 is 2.60 bits per heavy atom. The van der Waals surface area contributed by atoms with Crippen molar-refractivity contribution in [2.24, 2.45) is 5.92 Å². The number of rotatable bonds is 11. The number of aromatic nitrogens is 1. The van der Waals surface area contributed by atoms with E-state index in [4.69, 9.17) is 11.6 Å². The number of anilines is 1. The van der Waals surface area contributed by atoms with E-state index in [-0.39, 0.29) is 43.7 Å². The highest BCUT2D eigenvalue weighted by molar-refractivity contribution is 7.13. The minimum Gasteiger partial charge on any atom is -0.355 e. The van der Waals surface area contributed by atoms with Crippen LogP contribution < -0.4 is 10.6 Å². The fourth-order valence-corrected chi connectivity index (χ4v) is 3.38. The molecular weight excluding hydrogens is 424 g/mol. The van der Waals surface area contributed by atoms with Crippen LogP contribution in [0.4, 0.5) is 5.13 Å². The number of carbonyl (C=O) groups is 3. The van der Waals surface area contributed by atoms with Crippen molar-refractivity contribution in [3.8, 4) is 0 Å². The van der Waals surface area contributed by atoms with Gasteiger partial charge in [0, 0.05) is 42.5 Å². The molecule has 1 aromatic carbocycles. The molecule has 0 saturated heterocycles. The molecule has 0 aliphatic rings. The van der Waals surface area contributed by atoms with Crippen LogP contribution in [0.1, 0.15) is 38.7 Å². The minimum atomic E-state index is -0.294. The summed E-state index contributed by atoms with van der Waals surface area (Å²) in [6, 6.07) is 7.19. The average Bonchev–Trinajstić information content (AvgIpc) is 3.20. The largest absolute Gasteiger partial charge is 0.355 e. The van der Waals surface area contributed by atoms with E-state index >= 15 is 0 Å². The lowest BCUT2D eigenvalue weighted by molar-refractivity contribution is -0.137. The molecule has 0 aliphatic heterocycles. The summed E-state index contributed by atoms with van der Waals surface area (Å²) in [4.78, 5) is 42.6. The Balaban J connectivity index is 1.96. The van der Waals surface area contributed by atoms with E-state index < -0.39 is 0 Å². The van der Waals surface area contributed by atoms with Gasteiger partial charge in [-0.1, -0.05) is 43.6 Å². The van der Waals surface area contributed by atoms with Gasteiger partial charge in [-0.25, -0.2) is 4.98 Å². The Bertz CT molecular complexity index is 843. The zero-order valence-corrected chi connectivity index (χ0v) is 18.8. The lowest BCUT2D eigenvalue weighted by Crippen LogP contribution is -2.41. The normalized spacial score (nSPS) is 10.7. The fourth-order valence-electron chi connectivity index (χ4n) is 2.64. The lowest BCUT2D eigenvalue weighted by Gasteiger charge is -2.23. The molecule has 0 unspecified atom stereocenters. The Hall–Kier alpha value is -2.45. The van der Waals surface area contributed by atoms with Crippen LogP contribution in [0.25, 0.3) is 0 Å².